The van der Waals surface area contributed by atoms with Crippen LogP contribution >= 0.6 is 0 Å². The first kappa shape index (κ1) is 24.7. The number of ether oxygens (including phenoxy) is 1. The minimum Gasteiger partial charge on any atom is -0.449 e. The van der Waals surface area contributed by atoms with Crippen LogP contribution in [0.1, 0.15) is 34.0 Å². The fourth-order valence-corrected chi connectivity index (χ4v) is 3.95. The lowest BCUT2D eigenvalue weighted by atomic mass is 10.1. The number of amides is 4. The fourth-order valence-electron chi connectivity index (χ4n) is 3.95. The van der Waals surface area contributed by atoms with Crippen molar-refractivity contribution < 1.29 is 23.9 Å². The van der Waals surface area contributed by atoms with Crippen LogP contribution in [-0.2, 0) is 34.0 Å². The Hall–Kier alpha value is -4.46. The first-order chi connectivity index (χ1) is 17.4. The van der Waals surface area contributed by atoms with Crippen LogP contribution in [0.3, 0.4) is 0 Å². The topological polar surface area (TPSA) is 96.0 Å². The van der Waals surface area contributed by atoms with Crippen molar-refractivity contribution in [1.29, 1.82) is 0 Å². The zero-order valence-electron chi connectivity index (χ0n) is 19.9. The lowest BCUT2D eigenvalue weighted by Gasteiger charge is -2.26. The van der Waals surface area contributed by atoms with Crippen molar-refractivity contribution in [3.8, 4) is 0 Å². The zero-order valence-corrected chi connectivity index (χ0v) is 19.9. The number of hydrogen-bond donors (Lipinski definition) is 1. The summed E-state index contributed by atoms with van der Waals surface area (Å²) in [7, 11) is 0. The van der Waals surface area contributed by atoms with E-state index in [4.69, 9.17) is 4.74 Å². The molecule has 0 spiro atoms. The number of carbonyl (C=O) groups is 4. The van der Waals surface area contributed by atoms with Gasteiger partial charge in [-0.25, -0.2) is 9.59 Å². The normalized spacial score (nSPS) is 13.8. The van der Waals surface area contributed by atoms with E-state index < -0.39 is 18.1 Å². The molecule has 184 valence electrons. The maximum atomic E-state index is 13.3. The predicted molar refractivity (Wildman–Crippen MR) is 132 cm³/mol. The molecule has 3 aromatic rings. The molecular weight excluding hydrogens is 458 g/mol. The van der Waals surface area contributed by atoms with E-state index in [1.165, 1.54) is 0 Å². The molecule has 8 heteroatoms. The summed E-state index contributed by atoms with van der Waals surface area (Å²) in [5.74, 6) is -1.30. The molecule has 8 nitrogen and oxygen atoms in total. The van der Waals surface area contributed by atoms with Crippen LogP contribution in [0.2, 0.25) is 0 Å². The number of imide groups is 1. The van der Waals surface area contributed by atoms with Crippen LogP contribution in [0.25, 0.3) is 0 Å². The number of urea groups is 1. The molecule has 3 aromatic carbocycles. The Kier molecular flexibility index (Phi) is 7.75. The van der Waals surface area contributed by atoms with Crippen LogP contribution in [0, 0.1) is 0 Å². The predicted octanol–water partition coefficient (Wildman–Crippen LogP) is 3.51. The number of benzene rings is 3. The number of nitrogens with zero attached hydrogens (tertiary/aromatic N) is 2. The Balaban J connectivity index is 1.44. The van der Waals surface area contributed by atoms with Crippen LogP contribution < -0.4 is 5.32 Å². The standard InChI is InChI=1S/C28H27N3O5/c1-20(26(33)30(17-21-9-4-2-5-10-21)18-22-11-6-3-7-12-22)36-27(34)24-14-8-13-23(15-24)19-31-25(32)16-29-28(31)35/h2-15,20H,16-19H2,1H3,(H,29,35). The summed E-state index contributed by atoms with van der Waals surface area (Å²) >= 11 is 0. The highest BCUT2D eigenvalue weighted by Gasteiger charge is 2.29. The summed E-state index contributed by atoms with van der Waals surface area (Å²) in [6.07, 6.45) is -1.01. The average molecular weight is 486 g/mol. The maximum absolute atomic E-state index is 13.3. The second-order valence-electron chi connectivity index (χ2n) is 8.55. The quantitative estimate of drug-likeness (QED) is 0.370. The molecule has 0 aliphatic carbocycles. The summed E-state index contributed by atoms with van der Waals surface area (Å²) in [6.45, 7) is 2.31. The highest BCUT2D eigenvalue weighted by Crippen LogP contribution is 2.16. The molecule has 1 atom stereocenters. The molecule has 0 bridgehead atoms. The van der Waals surface area contributed by atoms with Crippen molar-refractivity contribution in [3.63, 3.8) is 0 Å². The summed E-state index contributed by atoms with van der Waals surface area (Å²) in [4.78, 5) is 52.6. The van der Waals surface area contributed by atoms with Crippen molar-refractivity contribution in [2.75, 3.05) is 6.54 Å². The Bertz CT molecular complexity index is 1190. The van der Waals surface area contributed by atoms with Gasteiger partial charge in [-0.15, -0.1) is 0 Å². The summed E-state index contributed by atoms with van der Waals surface area (Å²) in [6, 6.07) is 25.3. The van der Waals surface area contributed by atoms with E-state index in [1.807, 2.05) is 60.7 Å². The SMILES string of the molecule is CC(OC(=O)c1cccc(CN2C(=O)CNC2=O)c1)C(=O)N(Cc1ccccc1)Cc1ccccc1. The van der Waals surface area contributed by atoms with Gasteiger partial charge < -0.3 is 15.0 Å². The monoisotopic (exact) mass is 485 g/mol. The first-order valence-corrected chi connectivity index (χ1v) is 11.7. The number of carbonyl (C=O) groups excluding carboxylic acids is 4. The van der Waals surface area contributed by atoms with Gasteiger partial charge in [0.05, 0.1) is 18.7 Å². The molecule has 0 radical (unpaired) electrons. The smallest absolute Gasteiger partial charge is 0.338 e. The molecule has 1 unspecified atom stereocenters. The first-order valence-electron chi connectivity index (χ1n) is 11.7. The molecule has 4 rings (SSSR count). The molecule has 36 heavy (non-hydrogen) atoms. The Morgan fingerprint density at radius 1 is 0.889 bits per heavy atom. The minimum absolute atomic E-state index is 0.0390. The van der Waals surface area contributed by atoms with Crippen LogP contribution in [0.15, 0.2) is 84.9 Å². The van der Waals surface area contributed by atoms with Crippen molar-refractivity contribution in [2.24, 2.45) is 0 Å². The molecule has 1 fully saturated rings. The lowest BCUT2D eigenvalue weighted by molar-refractivity contribution is -0.141. The third-order valence-electron chi connectivity index (χ3n) is 5.82. The number of nitrogens with one attached hydrogen (secondary N) is 1. The molecule has 1 heterocycles. The number of hydrogen-bond acceptors (Lipinski definition) is 5. The maximum Gasteiger partial charge on any atom is 0.338 e. The van der Waals surface area contributed by atoms with E-state index in [0.717, 1.165) is 16.0 Å². The van der Waals surface area contributed by atoms with E-state index in [0.29, 0.717) is 18.7 Å². The van der Waals surface area contributed by atoms with E-state index >= 15 is 0 Å². The number of esters is 1. The van der Waals surface area contributed by atoms with Gasteiger partial charge in [0.2, 0.25) is 5.91 Å². The van der Waals surface area contributed by atoms with E-state index in [-0.39, 0.29) is 30.5 Å². The second-order valence-corrected chi connectivity index (χ2v) is 8.55. The van der Waals surface area contributed by atoms with Gasteiger partial charge in [-0.1, -0.05) is 72.8 Å². The van der Waals surface area contributed by atoms with Crippen molar-refractivity contribution in [1.82, 2.24) is 15.1 Å². The van der Waals surface area contributed by atoms with Gasteiger partial charge in [-0.2, -0.15) is 0 Å². The molecular formula is C28H27N3O5. The molecule has 1 aliphatic heterocycles. The largest absolute Gasteiger partial charge is 0.449 e. The van der Waals surface area contributed by atoms with E-state index in [2.05, 4.69) is 5.32 Å². The van der Waals surface area contributed by atoms with Crippen LogP contribution in [0.4, 0.5) is 4.79 Å². The van der Waals surface area contributed by atoms with Crippen LogP contribution in [-0.4, -0.2) is 46.3 Å². The summed E-state index contributed by atoms with van der Waals surface area (Å²) in [5.41, 5.74) is 2.77. The van der Waals surface area contributed by atoms with Gasteiger partial charge in [0, 0.05) is 13.1 Å². The van der Waals surface area contributed by atoms with Gasteiger partial charge in [-0.3, -0.25) is 14.5 Å². The van der Waals surface area contributed by atoms with Gasteiger partial charge in [-0.05, 0) is 35.7 Å². The Labute approximate surface area is 209 Å². The van der Waals surface area contributed by atoms with Gasteiger partial charge in [0.1, 0.15) is 0 Å². The zero-order chi connectivity index (χ0) is 25.5. The highest BCUT2D eigenvalue weighted by atomic mass is 16.5. The lowest BCUT2D eigenvalue weighted by Crippen LogP contribution is -2.39. The molecule has 1 N–H and O–H groups in total. The second kappa shape index (κ2) is 11.3. The Morgan fingerprint density at radius 3 is 2.03 bits per heavy atom. The van der Waals surface area contributed by atoms with Crippen molar-refractivity contribution in [2.45, 2.75) is 32.7 Å². The molecule has 4 amide bonds. The average Bonchev–Trinajstić information content (AvgIpc) is 3.21. The molecule has 1 aliphatic rings. The number of rotatable bonds is 9. The van der Waals surface area contributed by atoms with Gasteiger partial charge in [0.15, 0.2) is 6.10 Å². The summed E-state index contributed by atoms with van der Waals surface area (Å²) < 4.78 is 5.53. The molecule has 0 aromatic heterocycles. The van der Waals surface area contributed by atoms with Crippen molar-refractivity contribution >= 4 is 23.8 Å². The fraction of sp³-hybridized carbons (Fsp3) is 0.214. The van der Waals surface area contributed by atoms with Gasteiger partial charge in [0.25, 0.3) is 5.91 Å². The minimum atomic E-state index is -1.01. The molecule has 1 saturated heterocycles. The summed E-state index contributed by atoms with van der Waals surface area (Å²) in [5, 5.41) is 2.46. The Morgan fingerprint density at radius 2 is 1.47 bits per heavy atom. The highest BCUT2D eigenvalue weighted by molar-refractivity contribution is 6.02. The van der Waals surface area contributed by atoms with Gasteiger partial charge >= 0.3 is 12.0 Å². The van der Waals surface area contributed by atoms with Crippen LogP contribution in [0.5, 0.6) is 0 Å². The van der Waals surface area contributed by atoms with Crippen molar-refractivity contribution in [3.05, 3.63) is 107 Å². The third-order valence-corrected chi connectivity index (χ3v) is 5.82. The van der Waals surface area contributed by atoms with E-state index in [1.54, 1.807) is 36.1 Å². The van der Waals surface area contributed by atoms with E-state index in [9.17, 15) is 19.2 Å². The third kappa shape index (κ3) is 6.15. The molecule has 0 saturated carbocycles.